The van der Waals surface area contributed by atoms with Crippen LogP contribution in [0.4, 0.5) is 5.69 Å². The van der Waals surface area contributed by atoms with E-state index in [-0.39, 0.29) is 47.8 Å². The molecule has 0 spiro atoms. The monoisotopic (exact) mass is 510 g/mol. The number of carboxylic acid groups (broad SMARTS) is 1. The number of nitrogens with zero attached hydrogens (tertiary/aromatic N) is 2. The molecule has 2 saturated heterocycles. The van der Waals surface area contributed by atoms with Gasteiger partial charge in [-0.05, 0) is 57.1 Å². The van der Waals surface area contributed by atoms with Gasteiger partial charge in [-0.1, -0.05) is 6.07 Å². The second-order valence-corrected chi connectivity index (χ2v) is 10.3. The Labute approximate surface area is 213 Å². The summed E-state index contributed by atoms with van der Waals surface area (Å²) in [7, 11) is 0. The van der Waals surface area contributed by atoms with Crippen molar-refractivity contribution >= 4 is 41.2 Å². The Morgan fingerprint density at radius 2 is 1.59 bits per heavy atom. The van der Waals surface area contributed by atoms with Gasteiger partial charge in [0, 0.05) is 37.2 Å². The Hall–Kier alpha value is -3.76. The lowest BCUT2D eigenvalue weighted by Gasteiger charge is -2.35. The van der Waals surface area contributed by atoms with Gasteiger partial charge in [-0.2, -0.15) is 0 Å². The number of rotatable bonds is 5. The first kappa shape index (κ1) is 24.9. The summed E-state index contributed by atoms with van der Waals surface area (Å²) in [5, 5.41) is 14.8. The molecule has 11 nitrogen and oxygen atoms in total. The quantitative estimate of drug-likeness (QED) is 0.502. The molecular weight excluding hydrogens is 480 g/mol. The maximum Gasteiger partial charge on any atom is 0.306 e. The molecule has 5 rings (SSSR count). The topological polar surface area (TPSA) is 153 Å². The van der Waals surface area contributed by atoms with Gasteiger partial charge in [-0.3, -0.25) is 39.0 Å². The summed E-state index contributed by atoms with van der Waals surface area (Å²) in [5.41, 5.74) is 0.987. The lowest BCUT2D eigenvalue weighted by atomic mass is 9.84. The van der Waals surface area contributed by atoms with Crippen molar-refractivity contribution in [3.8, 4) is 0 Å². The Balaban J connectivity index is 1.21. The number of benzene rings is 1. The normalized spacial score (nSPS) is 26.6. The van der Waals surface area contributed by atoms with Gasteiger partial charge in [0.1, 0.15) is 6.04 Å². The van der Waals surface area contributed by atoms with Gasteiger partial charge in [0.2, 0.25) is 17.7 Å². The molecule has 3 heterocycles. The maximum absolute atomic E-state index is 13.3. The van der Waals surface area contributed by atoms with E-state index in [4.69, 9.17) is 0 Å². The summed E-state index contributed by atoms with van der Waals surface area (Å²) >= 11 is 0. The van der Waals surface area contributed by atoms with Crippen molar-refractivity contribution in [2.45, 2.75) is 63.5 Å². The Bertz CT molecular complexity index is 1170. The van der Waals surface area contributed by atoms with Crippen LogP contribution in [0.15, 0.2) is 18.2 Å². The van der Waals surface area contributed by atoms with E-state index in [9.17, 15) is 33.9 Å². The van der Waals surface area contributed by atoms with Crippen LogP contribution in [0.5, 0.6) is 0 Å². The van der Waals surface area contributed by atoms with Gasteiger partial charge in [0.05, 0.1) is 17.0 Å². The Morgan fingerprint density at radius 3 is 2.24 bits per heavy atom. The highest BCUT2D eigenvalue weighted by molar-refractivity contribution is 6.25. The molecule has 4 aliphatic rings. The highest BCUT2D eigenvalue weighted by Crippen LogP contribution is 2.35. The number of carbonyl (C=O) groups is 6. The van der Waals surface area contributed by atoms with Crippen LogP contribution in [-0.4, -0.2) is 75.6 Å². The smallest absolute Gasteiger partial charge is 0.306 e. The maximum atomic E-state index is 13.3. The molecule has 1 aromatic rings. The molecule has 3 aliphatic heterocycles. The number of hydrogen-bond donors (Lipinski definition) is 3. The zero-order chi connectivity index (χ0) is 26.3. The minimum atomic E-state index is -1.01. The van der Waals surface area contributed by atoms with Gasteiger partial charge in [-0.15, -0.1) is 0 Å². The Morgan fingerprint density at radius 1 is 0.892 bits per heavy atom. The fraction of sp³-hybridized carbons (Fsp3) is 0.538. The molecule has 0 bridgehead atoms. The van der Waals surface area contributed by atoms with Crippen LogP contribution >= 0.6 is 0 Å². The molecular formula is C26H30N4O7. The minimum Gasteiger partial charge on any atom is -0.481 e. The standard InChI is InChI=1S/C26H30N4O7/c31-20-9-8-19(22(32)28-20)30-24(34)17-2-1-3-18(21(17)25(30)35)27-16-6-4-14(5-7-16)23(33)29-12-10-15(11-13-29)26(36)37/h1-3,14-16,19,27H,4-13H2,(H,36,37)(H,28,31,32). The number of hydrogen-bond acceptors (Lipinski definition) is 7. The van der Waals surface area contributed by atoms with E-state index < -0.39 is 35.6 Å². The summed E-state index contributed by atoms with van der Waals surface area (Å²) in [6.45, 7) is 0.952. The second-order valence-electron chi connectivity index (χ2n) is 10.3. The zero-order valence-corrected chi connectivity index (χ0v) is 20.4. The molecule has 1 aromatic carbocycles. The number of aliphatic carboxylic acids is 1. The van der Waals surface area contributed by atoms with E-state index in [1.165, 1.54) is 0 Å². The number of anilines is 1. The van der Waals surface area contributed by atoms with Gasteiger partial charge in [0.15, 0.2) is 0 Å². The third-order valence-corrected chi connectivity index (χ3v) is 8.06. The number of likely N-dealkylation sites (tertiary alicyclic amines) is 1. The first-order chi connectivity index (χ1) is 17.7. The predicted molar refractivity (Wildman–Crippen MR) is 129 cm³/mol. The first-order valence-electron chi connectivity index (χ1n) is 12.9. The van der Waals surface area contributed by atoms with Gasteiger partial charge < -0.3 is 15.3 Å². The predicted octanol–water partition coefficient (Wildman–Crippen LogP) is 1.38. The average Bonchev–Trinajstić information content (AvgIpc) is 3.14. The van der Waals surface area contributed by atoms with Crippen LogP contribution in [-0.2, 0) is 19.2 Å². The minimum absolute atomic E-state index is 0.0147. The number of imide groups is 2. The van der Waals surface area contributed by atoms with Gasteiger partial charge >= 0.3 is 5.97 Å². The van der Waals surface area contributed by atoms with Crippen molar-refractivity contribution in [2.75, 3.05) is 18.4 Å². The van der Waals surface area contributed by atoms with Crippen molar-refractivity contribution in [1.82, 2.24) is 15.1 Å². The summed E-state index contributed by atoms with van der Waals surface area (Å²) in [6, 6.07) is 3.99. The van der Waals surface area contributed by atoms with Crippen molar-refractivity contribution < 1.29 is 33.9 Å². The summed E-state index contributed by atoms with van der Waals surface area (Å²) in [6.07, 6.45) is 3.92. The van der Waals surface area contributed by atoms with Gasteiger partial charge in [-0.25, -0.2) is 0 Å². The summed E-state index contributed by atoms with van der Waals surface area (Å²) in [5.74, 6) is -3.35. The van der Waals surface area contributed by atoms with Crippen LogP contribution in [0.1, 0.15) is 72.1 Å². The highest BCUT2D eigenvalue weighted by Gasteiger charge is 2.46. The number of nitrogens with one attached hydrogen (secondary N) is 2. The van der Waals surface area contributed by atoms with Gasteiger partial charge in [0.25, 0.3) is 11.8 Å². The van der Waals surface area contributed by atoms with Crippen molar-refractivity contribution in [2.24, 2.45) is 11.8 Å². The molecule has 3 fully saturated rings. The number of carboxylic acids is 1. The molecule has 37 heavy (non-hydrogen) atoms. The SMILES string of the molecule is O=C1CCC(N2C(=O)c3cccc(NC4CCC(C(=O)N5CCC(C(=O)O)CC5)CC4)c3C2=O)C(=O)N1. The summed E-state index contributed by atoms with van der Waals surface area (Å²) < 4.78 is 0. The molecule has 0 aromatic heterocycles. The molecule has 196 valence electrons. The van der Waals surface area contributed by atoms with Crippen LogP contribution < -0.4 is 10.6 Å². The van der Waals surface area contributed by atoms with Crippen molar-refractivity contribution in [3.63, 3.8) is 0 Å². The largest absolute Gasteiger partial charge is 0.481 e. The van der Waals surface area contributed by atoms with E-state index >= 15 is 0 Å². The van der Waals surface area contributed by atoms with E-state index in [2.05, 4.69) is 10.6 Å². The third kappa shape index (κ3) is 4.70. The zero-order valence-electron chi connectivity index (χ0n) is 20.4. The number of piperidine rings is 2. The fourth-order valence-corrected chi connectivity index (χ4v) is 5.94. The number of amides is 5. The molecule has 1 aliphatic carbocycles. The molecule has 1 unspecified atom stereocenters. The third-order valence-electron chi connectivity index (χ3n) is 8.06. The fourth-order valence-electron chi connectivity index (χ4n) is 5.94. The average molecular weight is 511 g/mol. The molecule has 3 N–H and O–H groups in total. The van der Waals surface area contributed by atoms with Crippen LogP contribution in [0.2, 0.25) is 0 Å². The molecule has 1 atom stereocenters. The van der Waals surface area contributed by atoms with E-state index in [1.54, 1.807) is 23.1 Å². The first-order valence-corrected chi connectivity index (χ1v) is 12.9. The van der Waals surface area contributed by atoms with Crippen molar-refractivity contribution in [3.05, 3.63) is 29.3 Å². The Kier molecular flexibility index (Phi) is 6.70. The van der Waals surface area contributed by atoms with Crippen LogP contribution in [0.25, 0.3) is 0 Å². The molecule has 0 radical (unpaired) electrons. The highest BCUT2D eigenvalue weighted by atomic mass is 16.4. The van der Waals surface area contributed by atoms with Crippen LogP contribution in [0, 0.1) is 11.8 Å². The molecule has 1 saturated carbocycles. The lowest BCUT2D eigenvalue weighted by molar-refractivity contribution is -0.147. The second kappa shape index (κ2) is 9.95. The lowest BCUT2D eigenvalue weighted by Crippen LogP contribution is -2.54. The molecule has 11 heteroatoms. The van der Waals surface area contributed by atoms with E-state index in [0.29, 0.717) is 57.3 Å². The summed E-state index contributed by atoms with van der Waals surface area (Å²) in [4.78, 5) is 77.1. The van der Waals surface area contributed by atoms with Crippen LogP contribution in [0.3, 0.4) is 0 Å². The molecule has 5 amide bonds. The number of fused-ring (bicyclic) bond motifs is 1. The van der Waals surface area contributed by atoms with E-state index in [0.717, 1.165) is 4.90 Å². The number of carbonyl (C=O) groups excluding carboxylic acids is 5. The van der Waals surface area contributed by atoms with Crippen molar-refractivity contribution in [1.29, 1.82) is 0 Å². The van der Waals surface area contributed by atoms with E-state index in [1.807, 2.05) is 0 Å².